The van der Waals surface area contributed by atoms with Crippen LogP contribution in [0.4, 0.5) is 0 Å². The van der Waals surface area contributed by atoms with Gasteiger partial charge in [0.25, 0.3) is 0 Å². The van der Waals surface area contributed by atoms with Gasteiger partial charge in [0.05, 0.1) is 6.61 Å². The van der Waals surface area contributed by atoms with Gasteiger partial charge in [0.15, 0.2) is 11.5 Å². The molecule has 0 atom stereocenters. The molecule has 0 aliphatic carbocycles. The lowest BCUT2D eigenvalue weighted by Crippen LogP contribution is -2.04. The van der Waals surface area contributed by atoms with E-state index < -0.39 is 0 Å². The van der Waals surface area contributed by atoms with E-state index in [9.17, 15) is 0 Å². The van der Waals surface area contributed by atoms with E-state index in [0.29, 0.717) is 19.8 Å². The molecule has 4 nitrogen and oxygen atoms in total. The summed E-state index contributed by atoms with van der Waals surface area (Å²) >= 11 is 1.58. The molecular weight excluding hydrogens is 260 g/mol. The fourth-order valence-electron chi connectivity index (χ4n) is 1.73. The second-order valence-electron chi connectivity index (χ2n) is 3.97. The Morgan fingerprint density at radius 2 is 2.16 bits per heavy atom. The quantitative estimate of drug-likeness (QED) is 0.846. The van der Waals surface area contributed by atoms with Gasteiger partial charge in [-0.25, -0.2) is 4.98 Å². The summed E-state index contributed by atoms with van der Waals surface area (Å²) in [5.74, 6) is 1.52. The fraction of sp³-hybridized carbons (Fsp3) is 0.357. The molecule has 0 bridgehead atoms. The van der Waals surface area contributed by atoms with Crippen molar-refractivity contribution in [2.45, 2.75) is 20.0 Å². The van der Waals surface area contributed by atoms with Crippen molar-refractivity contribution in [1.29, 1.82) is 0 Å². The summed E-state index contributed by atoms with van der Waals surface area (Å²) in [6.45, 7) is 3.67. The summed E-state index contributed by atoms with van der Waals surface area (Å²) in [6.07, 6.45) is 2.62. The SMILES string of the molecule is CCOc1cc(CCN)ccc1OCc1nccs1. The third-order valence-corrected chi connectivity index (χ3v) is 3.33. The average Bonchev–Trinajstić information content (AvgIpc) is 2.92. The van der Waals surface area contributed by atoms with Crippen molar-refractivity contribution in [2.24, 2.45) is 5.73 Å². The van der Waals surface area contributed by atoms with Crippen LogP contribution in [0.15, 0.2) is 29.8 Å². The Hall–Kier alpha value is -1.59. The Bertz CT molecular complexity index is 500. The van der Waals surface area contributed by atoms with Crippen LogP contribution in [0, 0.1) is 0 Å². The van der Waals surface area contributed by atoms with Crippen LogP contribution >= 0.6 is 11.3 Å². The number of benzene rings is 1. The zero-order chi connectivity index (χ0) is 13.5. The molecule has 1 aromatic carbocycles. The monoisotopic (exact) mass is 278 g/mol. The van der Waals surface area contributed by atoms with Gasteiger partial charge < -0.3 is 15.2 Å². The molecule has 5 heteroatoms. The summed E-state index contributed by atoms with van der Waals surface area (Å²) in [5, 5.41) is 2.89. The predicted octanol–water partition coefficient (Wildman–Crippen LogP) is 2.62. The van der Waals surface area contributed by atoms with E-state index in [-0.39, 0.29) is 0 Å². The third-order valence-electron chi connectivity index (χ3n) is 2.58. The molecule has 1 heterocycles. The number of nitrogens with zero attached hydrogens (tertiary/aromatic N) is 1. The van der Waals surface area contributed by atoms with Crippen LogP contribution in [0.25, 0.3) is 0 Å². The first-order valence-electron chi connectivity index (χ1n) is 6.30. The van der Waals surface area contributed by atoms with Gasteiger partial charge in [-0.15, -0.1) is 11.3 Å². The lowest BCUT2D eigenvalue weighted by molar-refractivity contribution is 0.268. The Morgan fingerprint density at radius 1 is 1.26 bits per heavy atom. The molecule has 0 saturated carbocycles. The molecule has 102 valence electrons. The van der Waals surface area contributed by atoms with E-state index in [2.05, 4.69) is 4.98 Å². The van der Waals surface area contributed by atoms with Crippen molar-refractivity contribution >= 4 is 11.3 Å². The van der Waals surface area contributed by atoms with Gasteiger partial charge in [-0.1, -0.05) is 6.07 Å². The number of aromatic nitrogens is 1. The Balaban J connectivity index is 2.09. The van der Waals surface area contributed by atoms with Crippen molar-refractivity contribution in [2.75, 3.05) is 13.2 Å². The molecule has 19 heavy (non-hydrogen) atoms. The number of hydrogen-bond donors (Lipinski definition) is 1. The molecular formula is C14H18N2O2S. The Labute approximate surface area is 117 Å². The molecule has 2 N–H and O–H groups in total. The molecule has 0 amide bonds. The molecule has 0 unspecified atom stereocenters. The minimum Gasteiger partial charge on any atom is -0.490 e. The van der Waals surface area contributed by atoms with Gasteiger partial charge in [-0.3, -0.25) is 0 Å². The maximum Gasteiger partial charge on any atom is 0.161 e. The van der Waals surface area contributed by atoms with Gasteiger partial charge in [0.1, 0.15) is 11.6 Å². The highest BCUT2D eigenvalue weighted by Gasteiger charge is 2.07. The van der Waals surface area contributed by atoms with Gasteiger partial charge in [-0.2, -0.15) is 0 Å². The predicted molar refractivity (Wildman–Crippen MR) is 76.8 cm³/mol. The normalized spacial score (nSPS) is 10.4. The zero-order valence-corrected chi connectivity index (χ0v) is 11.8. The van der Waals surface area contributed by atoms with E-state index >= 15 is 0 Å². The smallest absolute Gasteiger partial charge is 0.161 e. The lowest BCUT2D eigenvalue weighted by Gasteiger charge is -2.12. The van der Waals surface area contributed by atoms with Gasteiger partial charge in [-0.05, 0) is 37.6 Å². The number of hydrogen-bond acceptors (Lipinski definition) is 5. The molecule has 0 aliphatic rings. The molecule has 0 saturated heterocycles. The first kappa shape index (κ1) is 13.8. The minimum atomic E-state index is 0.466. The van der Waals surface area contributed by atoms with E-state index in [0.717, 1.165) is 28.5 Å². The summed E-state index contributed by atoms with van der Waals surface area (Å²) in [6, 6.07) is 5.95. The van der Waals surface area contributed by atoms with E-state index in [4.69, 9.17) is 15.2 Å². The van der Waals surface area contributed by atoms with E-state index in [1.54, 1.807) is 17.5 Å². The van der Waals surface area contributed by atoms with Gasteiger partial charge >= 0.3 is 0 Å². The fourth-order valence-corrected chi connectivity index (χ4v) is 2.25. The highest BCUT2D eigenvalue weighted by molar-refractivity contribution is 7.09. The molecule has 0 spiro atoms. The highest BCUT2D eigenvalue weighted by atomic mass is 32.1. The van der Waals surface area contributed by atoms with Crippen LogP contribution in [-0.4, -0.2) is 18.1 Å². The third kappa shape index (κ3) is 3.94. The summed E-state index contributed by atoms with van der Waals surface area (Å²) < 4.78 is 11.4. The van der Waals surface area contributed by atoms with Crippen molar-refractivity contribution in [3.63, 3.8) is 0 Å². The molecule has 2 aromatic rings. The van der Waals surface area contributed by atoms with E-state index in [1.807, 2.05) is 30.5 Å². The second-order valence-corrected chi connectivity index (χ2v) is 4.95. The summed E-state index contributed by atoms with van der Waals surface area (Å²) in [5.41, 5.74) is 6.73. The number of nitrogens with two attached hydrogens (primary N) is 1. The largest absolute Gasteiger partial charge is 0.490 e. The lowest BCUT2D eigenvalue weighted by atomic mass is 10.1. The van der Waals surface area contributed by atoms with Crippen LogP contribution in [0.3, 0.4) is 0 Å². The first-order chi connectivity index (χ1) is 9.33. The molecule has 0 radical (unpaired) electrons. The first-order valence-corrected chi connectivity index (χ1v) is 7.18. The van der Waals surface area contributed by atoms with Crippen LogP contribution in [0.2, 0.25) is 0 Å². The van der Waals surface area contributed by atoms with Gasteiger partial charge in [0, 0.05) is 11.6 Å². The van der Waals surface area contributed by atoms with Crippen molar-refractivity contribution in [3.05, 3.63) is 40.3 Å². The molecule has 0 aliphatic heterocycles. The van der Waals surface area contributed by atoms with Crippen LogP contribution < -0.4 is 15.2 Å². The van der Waals surface area contributed by atoms with Crippen molar-refractivity contribution in [1.82, 2.24) is 4.98 Å². The second kappa shape index (κ2) is 7.11. The standard InChI is InChI=1S/C14H18N2O2S/c1-2-17-13-9-11(5-6-15)3-4-12(13)18-10-14-16-7-8-19-14/h3-4,7-9H,2,5-6,10,15H2,1H3. The molecule has 1 aromatic heterocycles. The maximum absolute atomic E-state index is 5.76. The summed E-state index contributed by atoms with van der Waals surface area (Å²) in [4.78, 5) is 4.19. The molecule has 0 fully saturated rings. The number of rotatable bonds is 7. The number of thiazole rings is 1. The Kier molecular flexibility index (Phi) is 5.18. The maximum atomic E-state index is 5.76. The Morgan fingerprint density at radius 3 is 2.84 bits per heavy atom. The molecule has 2 rings (SSSR count). The van der Waals surface area contributed by atoms with Crippen LogP contribution in [0.5, 0.6) is 11.5 Å². The van der Waals surface area contributed by atoms with Crippen molar-refractivity contribution in [3.8, 4) is 11.5 Å². The van der Waals surface area contributed by atoms with Crippen LogP contribution in [-0.2, 0) is 13.0 Å². The minimum absolute atomic E-state index is 0.466. The average molecular weight is 278 g/mol. The van der Waals surface area contributed by atoms with Crippen molar-refractivity contribution < 1.29 is 9.47 Å². The topological polar surface area (TPSA) is 57.4 Å². The zero-order valence-electron chi connectivity index (χ0n) is 11.0. The van der Waals surface area contributed by atoms with Gasteiger partial charge in [0.2, 0.25) is 0 Å². The number of ether oxygens (including phenoxy) is 2. The summed E-state index contributed by atoms with van der Waals surface area (Å²) in [7, 11) is 0. The highest BCUT2D eigenvalue weighted by Crippen LogP contribution is 2.29. The van der Waals surface area contributed by atoms with Crippen LogP contribution in [0.1, 0.15) is 17.5 Å². The van der Waals surface area contributed by atoms with E-state index in [1.165, 1.54) is 0 Å².